The molecule has 2 atom stereocenters. The maximum absolute atomic E-state index is 12.9. The lowest BCUT2D eigenvalue weighted by Gasteiger charge is -2.36. The number of rotatable bonds is 4. The van der Waals surface area contributed by atoms with Crippen LogP contribution < -0.4 is 5.32 Å². The Hall–Kier alpha value is -1.95. The Kier molecular flexibility index (Phi) is 5.95. The topological polar surface area (TPSA) is 58.1 Å². The number of hydrogen-bond donors (Lipinski definition) is 1. The van der Waals surface area contributed by atoms with E-state index in [9.17, 15) is 4.79 Å². The molecule has 0 unspecified atom stereocenters. The summed E-state index contributed by atoms with van der Waals surface area (Å²) in [6.07, 6.45) is 8.51. The predicted octanol–water partition coefficient (Wildman–Crippen LogP) is 5.12. The summed E-state index contributed by atoms with van der Waals surface area (Å²) in [6, 6.07) is 6.17. The number of thiazole rings is 1. The van der Waals surface area contributed by atoms with Gasteiger partial charge in [0.1, 0.15) is 5.82 Å². The van der Waals surface area contributed by atoms with Gasteiger partial charge in [0.05, 0.1) is 0 Å². The quantitative estimate of drug-likeness (QED) is 0.776. The molecular formula is C22H30N4OS. The van der Waals surface area contributed by atoms with Crippen LogP contribution in [0.4, 0.5) is 10.9 Å². The maximum Gasteiger partial charge on any atom is 0.225 e. The van der Waals surface area contributed by atoms with Crippen LogP contribution >= 0.6 is 11.3 Å². The van der Waals surface area contributed by atoms with E-state index in [4.69, 9.17) is 4.98 Å². The van der Waals surface area contributed by atoms with Crippen molar-refractivity contribution in [2.45, 2.75) is 58.3 Å². The Labute approximate surface area is 171 Å². The molecule has 6 heteroatoms. The van der Waals surface area contributed by atoms with Crippen molar-refractivity contribution in [3.8, 4) is 0 Å². The normalized spacial score (nSPS) is 23.6. The van der Waals surface area contributed by atoms with Crippen LogP contribution in [0.1, 0.15) is 61.9 Å². The minimum absolute atomic E-state index is 0.257. The van der Waals surface area contributed by atoms with E-state index in [2.05, 4.69) is 41.2 Å². The summed E-state index contributed by atoms with van der Waals surface area (Å²) in [5.74, 6) is 2.62. The second-order valence-corrected chi connectivity index (χ2v) is 9.65. The number of likely N-dealkylation sites (tertiary alicyclic amines) is 1. The fraction of sp³-hybridized carbons (Fsp3) is 0.591. The van der Waals surface area contributed by atoms with Crippen molar-refractivity contribution in [3.63, 3.8) is 0 Å². The van der Waals surface area contributed by atoms with Gasteiger partial charge in [0, 0.05) is 41.7 Å². The van der Waals surface area contributed by atoms with Gasteiger partial charge in [0.15, 0.2) is 5.13 Å². The Morgan fingerprint density at radius 3 is 2.75 bits per heavy atom. The molecule has 2 aromatic heterocycles. The van der Waals surface area contributed by atoms with Crippen LogP contribution in [0, 0.1) is 18.8 Å². The van der Waals surface area contributed by atoms with Crippen molar-refractivity contribution >= 4 is 28.2 Å². The molecule has 0 bridgehead atoms. The first-order valence-electron chi connectivity index (χ1n) is 10.5. The Balaban J connectivity index is 1.34. The largest absolute Gasteiger partial charge is 0.342 e. The first-order chi connectivity index (χ1) is 13.6. The molecule has 1 aliphatic heterocycles. The molecule has 1 aliphatic carbocycles. The summed E-state index contributed by atoms with van der Waals surface area (Å²) in [6.45, 7) is 6.06. The lowest BCUT2D eigenvalue weighted by Crippen LogP contribution is -2.42. The van der Waals surface area contributed by atoms with Crippen molar-refractivity contribution in [1.29, 1.82) is 0 Å². The van der Waals surface area contributed by atoms with E-state index in [1.807, 2.05) is 12.3 Å². The van der Waals surface area contributed by atoms with E-state index in [-0.39, 0.29) is 5.92 Å². The highest BCUT2D eigenvalue weighted by Gasteiger charge is 2.31. The second kappa shape index (κ2) is 8.60. The van der Waals surface area contributed by atoms with Gasteiger partial charge in [-0.05, 0) is 50.7 Å². The van der Waals surface area contributed by atoms with Gasteiger partial charge in [0.25, 0.3) is 0 Å². The molecule has 4 rings (SSSR count). The first-order valence-corrected chi connectivity index (χ1v) is 11.4. The molecule has 1 amide bonds. The van der Waals surface area contributed by atoms with Gasteiger partial charge in [-0.25, -0.2) is 9.97 Å². The zero-order valence-electron chi connectivity index (χ0n) is 16.9. The summed E-state index contributed by atoms with van der Waals surface area (Å²) in [5.41, 5.74) is 1.12. The van der Waals surface area contributed by atoms with Crippen LogP contribution in [0.15, 0.2) is 24.4 Å². The third-order valence-corrected chi connectivity index (χ3v) is 6.97. The number of pyridine rings is 1. The Morgan fingerprint density at radius 2 is 2.04 bits per heavy atom. The number of piperidine rings is 1. The van der Waals surface area contributed by atoms with Crippen molar-refractivity contribution in [1.82, 2.24) is 14.9 Å². The van der Waals surface area contributed by atoms with Gasteiger partial charge in [0.2, 0.25) is 5.91 Å². The monoisotopic (exact) mass is 398 g/mol. The lowest BCUT2D eigenvalue weighted by atomic mass is 9.81. The molecule has 5 nitrogen and oxygen atoms in total. The number of carbonyl (C=O) groups excluding carboxylic acids is 1. The third kappa shape index (κ3) is 4.54. The molecule has 2 aromatic rings. The number of nitrogens with zero attached hydrogens (tertiary/aromatic N) is 3. The summed E-state index contributed by atoms with van der Waals surface area (Å²) < 4.78 is 0. The first kappa shape index (κ1) is 19.4. The highest BCUT2D eigenvalue weighted by molar-refractivity contribution is 7.15. The lowest BCUT2D eigenvalue weighted by molar-refractivity contribution is -0.138. The number of carbonyl (C=O) groups is 1. The van der Waals surface area contributed by atoms with Crippen LogP contribution in [0.25, 0.3) is 0 Å². The van der Waals surface area contributed by atoms with Crippen molar-refractivity contribution < 1.29 is 4.79 Å². The second-order valence-electron chi connectivity index (χ2n) is 8.42. The predicted molar refractivity (Wildman–Crippen MR) is 114 cm³/mol. The van der Waals surface area contributed by atoms with E-state index in [1.54, 1.807) is 11.3 Å². The minimum atomic E-state index is 0.257. The molecule has 1 N–H and O–H groups in total. The molecule has 28 heavy (non-hydrogen) atoms. The van der Waals surface area contributed by atoms with E-state index in [0.29, 0.717) is 17.7 Å². The van der Waals surface area contributed by atoms with E-state index < -0.39 is 0 Å². The molecule has 0 radical (unpaired) electrons. The molecule has 150 valence electrons. The maximum atomic E-state index is 12.9. The van der Waals surface area contributed by atoms with Crippen molar-refractivity contribution in [2.24, 2.45) is 11.8 Å². The van der Waals surface area contributed by atoms with Crippen LogP contribution in [0.3, 0.4) is 0 Å². The van der Waals surface area contributed by atoms with Crippen LogP contribution in [0.5, 0.6) is 0 Å². The highest BCUT2D eigenvalue weighted by Crippen LogP contribution is 2.33. The van der Waals surface area contributed by atoms with Crippen molar-refractivity contribution in [3.05, 3.63) is 35.0 Å². The van der Waals surface area contributed by atoms with Crippen LogP contribution in [-0.4, -0.2) is 33.9 Å². The molecule has 0 aromatic carbocycles. The van der Waals surface area contributed by atoms with Gasteiger partial charge in [-0.3, -0.25) is 4.79 Å². The molecule has 1 saturated carbocycles. The molecule has 2 fully saturated rings. The van der Waals surface area contributed by atoms with Gasteiger partial charge in [-0.15, -0.1) is 11.3 Å². The minimum Gasteiger partial charge on any atom is -0.342 e. The number of anilines is 2. The van der Waals surface area contributed by atoms with E-state index in [0.717, 1.165) is 55.4 Å². The van der Waals surface area contributed by atoms with E-state index >= 15 is 0 Å². The van der Waals surface area contributed by atoms with Gasteiger partial charge in [-0.2, -0.15) is 0 Å². The average Bonchev–Trinajstić information content (AvgIpc) is 3.12. The number of aryl methyl sites for hydroxylation is 1. The number of amides is 1. The zero-order chi connectivity index (χ0) is 19.5. The summed E-state index contributed by atoms with van der Waals surface area (Å²) in [4.78, 5) is 25.4. The number of nitrogens with one attached hydrogen (secondary N) is 1. The Morgan fingerprint density at radius 1 is 1.21 bits per heavy atom. The van der Waals surface area contributed by atoms with Crippen molar-refractivity contribution in [2.75, 3.05) is 18.4 Å². The van der Waals surface area contributed by atoms with Gasteiger partial charge < -0.3 is 10.2 Å². The molecule has 2 aliphatic rings. The summed E-state index contributed by atoms with van der Waals surface area (Å²) in [7, 11) is 0. The molecular weight excluding hydrogens is 368 g/mol. The zero-order valence-corrected chi connectivity index (χ0v) is 17.7. The Bertz CT molecular complexity index is 812. The number of aromatic nitrogens is 2. The molecule has 1 saturated heterocycles. The van der Waals surface area contributed by atoms with Crippen LogP contribution in [0.2, 0.25) is 0 Å². The summed E-state index contributed by atoms with van der Waals surface area (Å²) >= 11 is 1.63. The standard InChI is InChI=1S/C22H30N4OS/c1-15-5-3-6-18(13-15)21(27)26-11-9-17(10-12-26)19-7-4-8-20(24-19)25-22-23-14-16(2)28-22/h4,7-8,14-15,17-18H,3,5-6,9-13H2,1-2H3,(H,23,24,25)/t15-,18-/m0/s1. The highest BCUT2D eigenvalue weighted by atomic mass is 32.1. The van der Waals surface area contributed by atoms with E-state index in [1.165, 1.54) is 17.7 Å². The average molecular weight is 399 g/mol. The fourth-order valence-corrected chi connectivity index (χ4v) is 5.25. The number of hydrogen-bond acceptors (Lipinski definition) is 5. The molecule has 0 spiro atoms. The summed E-state index contributed by atoms with van der Waals surface area (Å²) in [5, 5.41) is 4.19. The third-order valence-electron chi connectivity index (χ3n) is 6.14. The van der Waals surface area contributed by atoms with Gasteiger partial charge >= 0.3 is 0 Å². The smallest absolute Gasteiger partial charge is 0.225 e. The fourth-order valence-electron chi connectivity index (χ4n) is 4.58. The van der Waals surface area contributed by atoms with Crippen LogP contribution in [-0.2, 0) is 4.79 Å². The van der Waals surface area contributed by atoms with Gasteiger partial charge in [-0.1, -0.05) is 25.8 Å². The molecule has 3 heterocycles. The SMILES string of the molecule is Cc1cnc(Nc2cccc(C3CCN(C(=O)[C@H]4CCC[C@H](C)C4)CC3)n2)s1.